The summed E-state index contributed by atoms with van der Waals surface area (Å²) in [5, 5.41) is 6.66. The monoisotopic (exact) mass is 656 g/mol. The Balaban J connectivity index is 1.12. The van der Waals surface area contributed by atoms with Crippen LogP contribution in [0.3, 0.4) is 0 Å². The van der Waals surface area contributed by atoms with Gasteiger partial charge in [-0.2, -0.15) is 0 Å². The molecule has 0 bridgehead atoms. The molecule has 0 fully saturated rings. The van der Waals surface area contributed by atoms with E-state index in [1.807, 2.05) is 0 Å². The lowest BCUT2D eigenvalue weighted by molar-refractivity contribution is 0.285. The molecule has 0 saturated carbocycles. The molecule has 0 N–H and O–H groups in total. The highest BCUT2D eigenvalue weighted by atomic mass is 28.4. The second-order valence-corrected chi connectivity index (χ2v) is 21.3. The van der Waals surface area contributed by atoms with Crippen LogP contribution < -0.4 is 25.9 Å². The number of unbranched alkanes of at least 4 members (excludes halogenated alkanes) is 6. The Labute approximate surface area is 286 Å². The number of benzene rings is 5. The fourth-order valence-electron chi connectivity index (χ4n) is 7.07. The fourth-order valence-corrected chi connectivity index (χ4v) is 15.6. The largest absolute Gasteiger partial charge is 0.407 e. The Morgan fingerprint density at radius 3 is 0.957 bits per heavy atom. The maximum Gasteiger partial charge on any atom is 0.288 e. The molecule has 244 valence electrons. The zero-order chi connectivity index (χ0) is 32.8. The average Bonchev–Trinajstić information content (AvgIpc) is 3.12. The van der Waals surface area contributed by atoms with E-state index < -0.39 is 16.6 Å². The summed E-state index contributed by atoms with van der Waals surface area (Å²) < 4.78 is 14.2. The SMILES string of the molecule is CC(C)(C)[Si](OCCCCCCCCCO[Si](c1ccccc1)(c1ccccc1)c1ccccc1)(c1ccccc1)c1ccccc1. The molecule has 0 unspecified atom stereocenters. The fraction of sp³-hybridized carbons (Fsp3) is 0.302. The van der Waals surface area contributed by atoms with Crippen LogP contribution in [0.1, 0.15) is 65.7 Å². The maximum atomic E-state index is 7.11. The summed E-state index contributed by atoms with van der Waals surface area (Å²) in [7, 11) is -5.04. The highest BCUT2D eigenvalue weighted by Crippen LogP contribution is 2.36. The summed E-state index contributed by atoms with van der Waals surface area (Å²) >= 11 is 0. The molecule has 5 aromatic rings. The lowest BCUT2D eigenvalue weighted by Gasteiger charge is -2.43. The first-order valence-corrected chi connectivity index (χ1v) is 21.4. The summed E-state index contributed by atoms with van der Waals surface area (Å²) in [6, 6.07) is 54.7. The van der Waals surface area contributed by atoms with Crippen LogP contribution in [0.2, 0.25) is 5.04 Å². The molecule has 0 aliphatic carbocycles. The highest BCUT2D eigenvalue weighted by Gasteiger charge is 2.50. The van der Waals surface area contributed by atoms with Crippen LogP contribution in [0.15, 0.2) is 152 Å². The van der Waals surface area contributed by atoms with Crippen LogP contribution in [-0.2, 0) is 8.85 Å². The third-order valence-electron chi connectivity index (χ3n) is 9.38. The molecule has 0 heterocycles. The van der Waals surface area contributed by atoms with E-state index >= 15 is 0 Å². The van der Waals surface area contributed by atoms with Crippen LogP contribution in [0.25, 0.3) is 0 Å². The van der Waals surface area contributed by atoms with E-state index in [9.17, 15) is 0 Å². The molecule has 0 saturated heterocycles. The average molecular weight is 657 g/mol. The van der Waals surface area contributed by atoms with E-state index in [1.165, 1.54) is 58.0 Å². The van der Waals surface area contributed by atoms with Crippen molar-refractivity contribution in [3.05, 3.63) is 152 Å². The van der Waals surface area contributed by atoms with Gasteiger partial charge in [0, 0.05) is 13.2 Å². The minimum absolute atomic E-state index is 0.0275. The van der Waals surface area contributed by atoms with Gasteiger partial charge in [0.05, 0.1) is 0 Å². The predicted molar refractivity (Wildman–Crippen MR) is 206 cm³/mol. The van der Waals surface area contributed by atoms with Gasteiger partial charge in [0.25, 0.3) is 16.6 Å². The summed E-state index contributed by atoms with van der Waals surface area (Å²) in [6.07, 6.45) is 8.35. The Morgan fingerprint density at radius 1 is 0.362 bits per heavy atom. The highest BCUT2D eigenvalue weighted by molar-refractivity contribution is 7.07. The number of hydrogen-bond acceptors (Lipinski definition) is 2. The van der Waals surface area contributed by atoms with E-state index in [2.05, 4.69) is 172 Å². The van der Waals surface area contributed by atoms with Gasteiger partial charge in [-0.1, -0.05) is 205 Å². The molecule has 0 aliphatic heterocycles. The van der Waals surface area contributed by atoms with Crippen molar-refractivity contribution in [2.24, 2.45) is 0 Å². The molecule has 5 aromatic carbocycles. The molecule has 47 heavy (non-hydrogen) atoms. The second-order valence-electron chi connectivity index (χ2n) is 13.6. The van der Waals surface area contributed by atoms with Gasteiger partial charge in [0.1, 0.15) is 0 Å². The van der Waals surface area contributed by atoms with E-state index in [-0.39, 0.29) is 5.04 Å². The zero-order valence-electron chi connectivity index (χ0n) is 28.6. The molecule has 0 spiro atoms. The van der Waals surface area contributed by atoms with Gasteiger partial charge >= 0.3 is 0 Å². The topological polar surface area (TPSA) is 18.5 Å². The predicted octanol–water partition coefficient (Wildman–Crippen LogP) is 7.98. The van der Waals surface area contributed by atoms with Gasteiger partial charge in [0.15, 0.2) is 0 Å². The van der Waals surface area contributed by atoms with Gasteiger partial charge in [0.2, 0.25) is 0 Å². The van der Waals surface area contributed by atoms with Crippen LogP contribution in [0, 0.1) is 0 Å². The molecule has 0 amide bonds. The maximum absolute atomic E-state index is 7.11. The molecule has 2 nitrogen and oxygen atoms in total. The quantitative estimate of drug-likeness (QED) is 0.0574. The van der Waals surface area contributed by atoms with Gasteiger partial charge in [-0.3, -0.25) is 0 Å². The first-order chi connectivity index (χ1) is 23.0. The Morgan fingerprint density at radius 2 is 0.638 bits per heavy atom. The van der Waals surface area contributed by atoms with Crippen molar-refractivity contribution in [2.45, 2.75) is 70.8 Å². The van der Waals surface area contributed by atoms with Crippen LogP contribution in [0.4, 0.5) is 0 Å². The Kier molecular flexibility index (Phi) is 12.6. The molecular weight excluding hydrogens is 605 g/mol. The Bertz CT molecular complexity index is 1430. The van der Waals surface area contributed by atoms with Crippen molar-refractivity contribution < 1.29 is 8.85 Å². The summed E-state index contributed by atoms with van der Waals surface area (Å²) in [5.41, 5.74) is 0. The molecule has 0 aliphatic rings. The number of hydrogen-bond donors (Lipinski definition) is 0. The third-order valence-corrected chi connectivity index (χ3v) is 18.5. The summed E-state index contributed by atoms with van der Waals surface area (Å²) in [5.74, 6) is 0. The van der Waals surface area contributed by atoms with Crippen LogP contribution in [-0.4, -0.2) is 29.8 Å². The zero-order valence-corrected chi connectivity index (χ0v) is 30.6. The van der Waals surface area contributed by atoms with Gasteiger partial charge in [-0.25, -0.2) is 0 Å². The standard InChI is InChI=1S/C43H52O2Si2/c1-43(2,3)47(41-32-20-12-21-33-41,42-34-22-13-23-35-42)45-37-25-8-6-4-5-7-24-36-44-46(38-26-14-9-15-27-38,39-28-16-10-17-29-39)40-30-18-11-19-31-40/h9-23,26-35H,4-8,24-25,36-37H2,1-3H3. The molecule has 5 rings (SSSR count). The van der Waals surface area contributed by atoms with Gasteiger partial charge < -0.3 is 8.85 Å². The van der Waals surface area contributed by atoms with Crippen molar-refractivity contribution in [3.8, 4) is 0 Å². The second kappa shape index (κ2) is 17.0. The van der Waals surface area contributed by atoms with Crippen molar-refractivity contribution in [3.63, 3.8) is 0 Å². The third kappa shape index (κ3) is 8.31. The normalized spacial score (nSPS) is 12.2. The molecule has 0 radical (unpaired) electrons. The van der Waals surface area contributed by atoms with Gasteiger partial charge in [-0.05, 0) is 43.8 Å². The smallest absolute Gasteiger partial charge is 0.288 e. The van der Waals surface area contributed by atoms with Crippen molar-refractivity contribution in [1.82, 2.24) is 0 Å². The molecule has 4 heteroatoms. The van der Waals surface area contributed by atoms with Gasteiger partial charge in [-0.15, -0.1) is 0 Å². The van der Waals surface area contributed by atoms with E-state index in [0.717, 1.165) is 26.1 Å². The summed E-state index contributed by atoms with van der Waals surface area (Å²) in [4.78, 5) is 0. The van der Waals surface area contributed by atoms with Crippen LogP contribution in [0.5, 0.6) is 0 Å². The summed E-state index contributed by atoms with van der Waals surface area (Å²) in [6.45, 7) is 8.66. The van der Waals surface area contributed by atoms with Crippen molar-refractivity contribution in [1.29, 1.82) is 0 Å². The first kappa shape index (κ1) is 34.8. The lowest BCUT2D eigenvalue weighted by atomic mass is 10.1. The molecule has 0 aromatic heterocycles. The van der Waals surface area contributed by atoms with E-state index in [0.29, 0.717) is 0 Å². The minimum atomic E-state index is -2.60. The number of rotatable bonds is 17. The molecular formula is C43H52O2Si2. The van der Waals surface area contributed by atoms with Crippen molar-refractivity contribution >= 4 is 42.6 Å². The molecule has 0 atom stereocenters. The minimum Gasteiger partial charge on any atom is -0.407 e. The Hall–Kier alpha value is -3.55. The van der Waals surface area contributed by atoms with Crippen LogP contribution >= 0.6 is 0 Å². The van der Waals surface area contributed by atoms with Crippen molar-refractivity contribution in [2.75, 3.05) is 13.2 Å². The lowest BCUT2D eigenvalue weighted by Crippen LogP contribution is -2.69. The van der Waals surface area contributed by atoms with E-state index in [4.69, 9.17) is 8.85 Å². The van der Waals surface area contributed by atoms with E-state index in [1.54, 1.807) is 0 Å². The first-order valence-electron chi connectivity index (χ1n) is 17.5.